The zero-order chi connectivity index (χ0) is 19.2. The Kier molecular flexibility index (Phi) is 4.77. The molecule has 1 aromatic heterocycles. The number of hydrogen-bond donors (Lipinski definition) is 0. The third-order valence-electron chi connectivity index (χ3n) is 5.67. The number of rotatable bonds is 2. The molecule has 3 heterocycles. The van der Waals surface area contributed by atoms with Crippen LogP contribution in [0.25, 0.3) is 10.1 Å². The Labute approximate surface area is 164 Å². The van der Waals surface area contributed by atoms with Gasteiger partial charge in [0.05, 0.1) is 23.8 Å². The largest absolute Gasteiger partial charge is 0.372 e. The van der Waals surface area contributed by atoms with Crippen LogP contribution >= 0.6 is 11.3 Å². The van der Waals surface area contributed by atoms with E-state index in [-0.39, 0.29) is 5.60 Å². The van der Waals surface area contributed by atoms with Crippen molar-refractivity contribution in [1.29, 1.82) is 5.26 Å². The summed E-state index contributed by atoms with van der Waals surface area (Å²) >= 11 is 1.29. The van der Waals surface area contributed by atoms with E-state index in [2.05, 4.69) is 18.0 Å². The van der Waals surface area contributed by atoms with Gasteiger partial charge in [-0.05, 0) is 56.0 Å². The van der Waals surface area contributed by atoms with Crippen molar-refractivity contribution in [2.45, 2.75) is 29.6 Å². The molecule has 0 saturated carbocycles. The molecule has 2 aromatic rings. The van der Waals surface area contributed by atoms with Gasteiger partial charge in [0.15, 0.2) is 0 Å². The Morgan fingerprint density at radius 1 is 1.26 bits per heavy atom. The quantitative estimate of drug-likeness (QED) is 0.768. The fourth-order valence-corrected chi connectivity index (χ4v) is 7.42. The van der Waals surface area contributed by atoms with E-state index in [1.165, 1.54) is 11.3 Å². The Balaban J connectivity index is 1.60. The predicted octanol–water partition coefficient (Wildman–Crippen LogP) is 2.57. The van der Waals surface area contributed by atoms with Crippen LogP contribution in [0, 0.1) is 18.3 Å². The van der Waals surface area contributed by atoms with Gasteiger partial charge in [0.25, 0.3) is 10.0 Å². The van der Waals surface area contributed by atoms with E-state index in [9.17, 15) is 8.42 Å². The SMILES string of the molecule is Cc1c(S(=O)(=O)N2CCC3(CC2)CN(C)CCO3)sc2ccc(C#N)cc12. The first-order chi connectivity index (χ1) is 12.8. The van der Waals surface area contributed by atoms with E-state index in [1.807, 2.05) is 13.0 Å². The Morgan fingerprint density at radius 2 is 2.00 bits per heavy atom. The molecule has 0 unspecified atom stereocenters. The number of morpholine rings is 1. The standard InChI is InChI=1S/C19H23N3O3S2/c1-14-16-11-15(12-20)3-4-17(16)26-18(14)27(23,24)22-7-5-19(6-8-22)13-21(2)9-10-25-19/h3-4,11H,5-10,13H2,1-2H3. The number of sulfonamides is 1. The summed E-state index contributed by atoms with van der Waals surface area (Å²) in [5.41, 5.74) is 1.07. The van der Waals surface area contributed by atoms with Crippen molar-refractivity contribution in [3.8, 4) is 6.07 Å². The van der Waals surface area contributed by atoms with E-state index in [4.69, 9.17) is 10.00 Å². The molecular formula is C19H23N3O3S2. The highest BCUT2D eigenvalue weighted by atomic mass is 32.2. The second-order valence-electron chi connectivity index (χ2n) is 7.51. The zero-order valence-electron chi connectivity index (χ0n) is 15.6. The molecule has 27 heavy (non-hydrogen) atoms. The Morgan fingerprint density at radius 3 is 2.67 bits per heavy atom. The molecule has 2 aliphatic heterocycles. The van der Waals surface area contributed by atoms with Gasteiger partial charge in [0, 0.05) is 30.9 Å². The van der Waals surface area contributed by atoms with Crippen LogP contribution in [0.4, 0.5) is 0 Å². The highest BCUT2D eigenvalue weighted by Gasteiger charge is 2.42. The van der Waals surface area contributed by atoms with E-state index < -0.39 is 10.0 Å². The maximum Gasteiger partial charge on any atom is 0.252 e. The average molecular weight is 406 g/mol. The van der Waals surface area contributed by atoms with Crippen LogP contribution < -0.4 is 0 Å². The lowest BCUT2D eigenvalue weighted by atomic mass is 9.90. The minimum atomic E-state index is -3.54. The summed E-state index contributed by atoms with van der Waals surface area (Å²) in [4.78, 5) is 2.26. The molecule has 2 aliphatic rings. The number of fused-ring (bicyclic) bond motifs is 1. The van der Waals surface area contributed by atoms with Crippen LogP contribution in [0.3, 0.4) is 0 Å². The average Bonchev–Trinajstić information content (AvgIpc) is 2.99. The Bertz CT molecular complexity index is 1010. The molecule has 0 N–H and O–H groups in total. The summed E-state index contributed by atoms with van der Waals surface area (Å²) in [6, 6.07) is 7.46. The van der Waals surface area contributed by atoms with Gasteiger partial charge in [0.2, 0.25) is 0 Å². The molecule has 4 rings (SSSR count). The van der Waals surface area contributed by atoms with Gasteiger partial charge in [-0.2, -0.15) is 9.57 Å². The molecule has 1 aromatic carbocycles. The summed E-state index contributed by atoms with van der Waals surface area (Å²) < 4.78 is 35.5. The van der Waals surface area contributed by atoms with Crippen molar-refractivity contribution in [2.75, 3.05) is 39.8 Å². The highest BCUT2D eigenvalue weighted by molar-refractivity contribution is 7.91. The molecule has 0 amide bonds. The van der Waals surface area contributed by atoms with Gasteiger partial charge in [0.1, 0.15) is 4.21 Å². The van der Waals surface area contributed by atoms with Gasteiger partial charge in [-0.25, -0.2) is 8.42 Å². The second-order valence-corrected chi connectivity index (χ2v) is 10.7. The van der Waals surface area contributed by atoms with Crippen LogP contribution in [0.15, 0.2) is 22.4 Å². The number of hydrogen-bond acceptors (Lipinski definition) is 6. The van der Waals surface area contributed by atoms with Crippen LogP contribution in [0.1, 0.15) is 24.0 Å². The van der Waals surface area contributed by atoms with Gasteiger partial charge in [-0.15, -0.1) is 11.3 Å². The molecule has 6 nitrogen and oxygen atoms in total. The van der Waals surface area contributed by atoms with Crippen LogP contribution in [0.2, 0.25) is 0 Å². The lowest BCUT2D eigenvalue weighted by Crippen LogP contribution is -2.56. The summed E-state index contributed by atoms with van der Waals surface area (Å²) in [7, 11) is -1.46. The lowest BCUT2D eigenvalue weighted by Gasteiger charge is -2.46. The first-order valence-corrected chi connectivity index (χ1v) is 11.4. The summed E-state index contributed by atoms with van der Waals surface area (Å²) in [5, 5.41) is 9.96. The van der Waals surface area contributed by atoms with Crippen molar-refractivity contribution in [3.63, 3.8) is 0 Å². The van der Waals surface area contributed by atoms with Gasteiger partial charge >= 0.3 is 0 Å². The monoisotopic (exact) mass is 405 g/mol. The van der Waals surface area contributed by atoms with E-state index in [0.29, 0.717) is 29.5 Å². The molecule has 8 heteroatoms. The van der Waals surface area contributed by atoms with E-state index in [0.717, 1.165) is 41.6 Å². The number of benzene rings is 1. The highest BCUT2D eigenvalue weighted by Crippen LogP contribution is 2.38. The third-order valence-corrected chi connectivity index (χ3v) is 9.44. The number of likely N-dealkylation sites (N-methyl/N-ethyl adjacent to an activating group) is 1. The fourth-order valence-electron chi connectivity index (χ4n) is 4.10. The van der Waals surface area contributed by atoms with Crippen molar-refractivity contribution in [2.24, 2.45) is 0 Å². The predicted molar refractivity (Wildman–Crippen MR) is 105 cm³/mol. The van der Waals surface area contributed by atoms with Crippen molar-refractivity contribution in [1.82, 2.24) is 9.21 Å². The van der Waals surface area contributed by atoms with Crippen molar-refractivity contribution in [3.05, 3.63) is 29.3 Å². The second kappa shape index (κ2) is 6.83. The van der Waals surface area contributed by atoms with Gasteiger partial charge in [-0.3, -0.25) is 0 Å². The zero-order valence-corrected chi connectivity index (χ0v) is 17.2. The van der Waals surface area contributed by atoms with Gasteiger partial charge < -0.3 is 9.64 Å². The molecular weight excluding hydrogens is 382 g/mol. The van der Waals surface area contributed by atoms with E-state index in [1.54, 1.807) is 16.4 Å². The number of nitriles is 1. The number of thiophene rings is 1. The smallest absolute Gasteiger partial charge is 0.252 e. The number of piperidine rings is 1. The van der Waals surface area contributed by atoms with Gasteiger partial charge in [-0.1, -0.05) is 0 Å². The van der Waals surface area contributed by atoms with Crippen molar-refractivity contribution < 1.29 is 13.2 Å². The van der Waals surface area contributed by atoms with Crippen molar-refractivity contribution >= 4 is 31.4 Å². The number of aryl methyl sites for hydroxylation is 1. The minimum Gasteiger partial charge on any atom is -0.372 e. The molecule has 2 fully saturated rings. The molecule has 144 valence electrons. The third kappa shape index (κ3) is 3.28. The van der Waals surface area contributed by atoms with Crippen LogP contribution in [-0.4, -0.2) is 63.1 Å². The molecule has 0 atom stereocenters. The van der Waals surface area contributed by atoms with Crippen LogP contribution in [0.5, 0.6) is 0 Å². The number of nitrogens with zero attached hydrogens (tertiary/aromatic N) is 3. The number of ether oxygens (including phenoxy) is 1. The summed E-state index contributed by atoms with van der Waals surface area (Å²) in [5.74, 6) is 0. The topological polar surface area (TPSA) is 73.6 Å². The Hall–Kier alpha value is -1.50. The maximum atomic E-state index is 13.3. The summed E-state index contributed by atoms with van der Waals surface area (Å²) in [6.45, 7) is 5.28. The van der Waals surface area contributed by atoms with E-state index >= 15 is 0 Å². The fraction of sp³-hybridized carbons (Fsp3) is 0.526. The van der Waals surface area contributed by atoms with Crippen LogP contribution in [-0.2, 0) is 14.8 Å². The maximum absolute atomic E-state index is 13.3. The summed E-state index contributed by atoms with van der Waals surface area (Å²) in [6.07, 6.45) is 1.44. The molecule has 0 bridgehead atoms. The molecule has 1 spiro atoms. The molecule has 0 aliphatic carbocycles. The first-order valence-electron chi connectivity index (χ1n) is 9.11. The first kappa shape index (κ1) is 18.8. The molecule has 0 radical (unpaired) electrons. The molecule has 2 saturated heterocycles. The minimum absolute atomic E-state index is 0.212. The lowest BCUT2D eigenvalue weighted by molar-refractivity contribution is -0.124. The normalized spacial score (nSPS) is 21.5.